The molecule has 2 heterocycles. The van der Waals surface area contributed by atoms with Gasteiger partial charge in [-0.2, -0.15) is 5.01 Å². The van der Waals surface area contributed by atoms with E-state index in [1.165, 1.54) is 0 Å². The van der Waals surface area contributed by atoms with Crippen molar-refractivity contribution in [2.75, 3.05) is 20.1 Å². The molecule has 37 heavy (non-hydrogen) atoms. The van der Waals surface area contributed by atoms with Gasteiger partial charge in [0.05, 0.1) is 13.1 Å². The third-order valence-corrected chi connectivity index (χ3v) is 7.27. The maximum Gasteiger partial charge on any atom is 0.331 e. The van der Waals surface area contributed by atoms with E-state index in [0.29, 0.717) is 19.5 Å². The Kier molecular flexibility index (Phi) is 6.84. The van der Waals surface area contributed by atoms with Crippen LogP contribution in [-0.4, -0.2) is 76.0 Å². The SMILES string of the molecule is CNC(=O)N(C(C)C)N1CC(=O)N2[C@@H](Cc3ccccc3)C(=O)N(Cc3cccc4ccccc34)C[C@@H]21. The first kappa shape index (κ1) is 24.8. The first-order chi connectivity index (χ1) is 17.9. The van der Waals surface area contributed by atoms with Gasteiger partial charge in [0.25, 0.3) is 0 Å². The van der Waals surface area contributed by atoms with Crippen LogP contribution in [0.2, 0.25) is 0 Å². The van der Waals surface area contributed by atoms with Gasteiger partial charge in [0.1, 0.15) is 12.2 Å². The minimum absolute atomic E-state index is 0.0525. The molecule has 0 aromatic heterocycles. The topological polar surface area (TPSA) is 76.2 Å². The molecule has 3 aromatic rings. The highest BCUT2D eigenvalue weighted by molar-refractivity contribution is 5.92. The molecule has 0 radical (unpaired) electrons. The van der Waals surface area contributed by atoms with E-state index in [9.17, 15) is 14.4 Å². The summed E-state index contributed by atoms with van der Waals surface area (Å²) >= 11 is 0. The second-order valence-electron chi connectivity index (χ2n) is 9.94. The smallest absolute Gasteiger partial charge is 0.331 e. The van der Waals surface area contributed by atoms with Crippen LogP contribution < -0.4 is 5.32 Å². The minimum Gasteiger partial charge on any atom is -0.340 e. The van der Waals surface area contributed by atoms with Crippen molar-refractivity contribution in [2.24, 2.45) is 0 Å². The van der Waals surface area contributed by atoms with E-state index in [0.717, 1.165) is 21.9 Å². The Morgan fingerprint density at radius 2 is 1.70 bits per heavy atom. The average molecular weight is 500 g/mol. The van der Waals surface area contributed by atoms with Crippen LogP contribution in [0.15, 0.2) is 72.8 Å². The number of benzene rings is 3. The van der Waals surface area contributed by atoms with Crippen LogP contribution in [-0.2, 0) is 22.6 Å². The van der Waals surface area contributed by atoms with Crippen molar-refractivity contribution in [3.8, 4) is 0 Å². The molecule has 0 unspecified atom stereocenters. The van der Waals surface area contributed by atoms with Gasteiger partial charge in [-0.15, -0.1) is 0 Å². The molecule has 0 spiro atoms. The minimum atomic E-state index is -0.646. The van der Waals surface area contributed by atoms with Crippen molar-refractivity contribution >= 4 is 28.6 Å². The Morgan fingerprint density at radius 3 is 2.43 bits per heavy atom. The number of hydrazine groups is 1. The quantitative estimate of drug-likeness (QED) is 0.565. The predicted octanol–water partition coefficient (Wildman–Crippen LogP) is 3.23. The van der Waals surface area contributed by atoms with Crippen molar-refractivity contribution in [2.45, 2.75) is 45.1 Å². The second kappa shape index (κ2) is 10.2. The molecule has 0 bridgehead atoms. The molecule has 4 amide bonds. The Labute approximate surface area is 217 Å². The van der Waals surface area contributed by atoms with E-state index >= 15 is 0 Å². The van der Waals surface area contributed by atoms with E-state index in [4.69, 9.17) is 0 Å². The molecular weight excluding hydrogens is 466 g/mol. The number of fused-ring (bicyclic) bond motifs is 2. The van der Waals surface area contributed by atoms with Gasteiger partial charge in [-0.1, -0.05) is 72.8 Å². The van der Waals surface area contributed by atoms with Gasteiger partial charge >= 0.3 is 6.03 Å². The lowest BCUT2D eigenvalue weighted by atomic mass is 9.99. The molecule has 2 atom stereocenters. The highest BCUT2D eigenvalue weighted by atomic mass is 16.2. The van der Waals surface area contributed by atoms with Crippen LogP contribution in [0.25, 0.3) is 10.8 Å². The van der Waals surface area contributed by atoms with Crippen molar-refractivity contribution in [1.82, 2.24) is 25.1 Å². The van der Waals surface area contributed by atoms with Crippen molar-refractivity contribution < 1.29 is 14.4 Å². The fourth-order valence-electron chi connectivity index (χ4n) is 5.60. The molecule has 2 aliphatic rings. The summed E-state index contributed by atoms with van der Waals surface area (Å²) in [6.07, 6.45) is -0.0164. The summed E-state index contributed by atoms with van der Waals surface area (Å²) in [5, 5.41) is 8.36. The van der Waals surface area contributed by atoms with Gasteiger partial charge in [0.15, 0.2) is 0 Å². The number of urea groups is 1. The maximum absolute atomic E-state index is 14.0. The molecule has 192 valence electrons. The van der Waals surface area contributed by atoms with Crippen LogP contribution in [0.4, 0.5) is 4.79 Å². The predicted molar refractivity (Wildman–Crippen MR) is 142 cm³/mol. The number of hydrogen-bond acceptors (Lipinski definition) is 4. The summed E-state index contributed by atoms with van der Waals surface area (Å²) in [4.78, 5) is 43.8. The number of carbonyl (C=O) groups excluding carboxylic acids is 3. The summed E-state index contributed by atoms with van der Waals surface area (Å²) in [7, 11) is 1.59. The van der Waals surface area contributed by atoms with Crippen LogP contribution in [0.1, 0.15) is 25.0 Å². The zero-order valence-corrected chi connectivity index (χ0v) is 21.5. The molecule has 2 saturated heterocycles. The number of nitrogens with one attached hydrogen (secondary N) is 1. The van der Waals surface area contributed by atoms with Gasteiger partial charge < -0.3 is 15.1 Å². The number of rotatable bonds is 6. The third-order valence-electron chi connectivity index (χ3n) is 7.27. The fraction of sp³-hybridized carbons (Fsp3) is 0.345. The molecule has 8 nitrogen and oxygen atoms in total. The lowest BCUT2D eigenvalue weighted by Crippen LogP contribution is -2.66. The second-order valence-corrected chi connectivity index (χ2v) is 9.94. The van der Waals surface area contributed by atoms with E-state index in [2.05, 4.69) is 29.6 Å². The van der Waals surface area contributed by atoms with E-state index < -0.39 is 12.2 Å². The highest BCUT2D eigenvalue weighted by Crippen LogP contribution is 2.31. The van der Waals surface area contributed by atoms with Gasteiger partial charge in [-0.3, -0.25) is 14.6 Å². The van der Waals surface area contributed by atoms with Crippen molar-refractivity contribution in [1.29, 1.82) is 0 Å². The standard InChI is InChI=1S/C29H33N5O3/c1-20(2)34(29(37)30-3)32-19-27(35)33-25(16-21-10-5-4-6-11-21)28(36)31(18-26(32)33)17-23-14-9-13-22-12-7-8-15-24(22)23/h4-15,20,25-26H,16-19H2,1-3H3,(H,30,37)/t25-,26+/m0/s1. The first-order valence-electron chi connectivity index (χ1n) is 12.8. The molecule has 2 aliphatic heterocycles. The van der Waals surface area contributed by atoms with Crippen LogP contribution in [0.5, 0.6) is 0 Å². The lowest BCUT2D eigenvalue weighted by molar-refractivity contribution is -0.158. The van der Waals surface area contributed by atoms with Crippen molar-refractivity contribution in [3.63, 3.8) is 0 Å². The number of hydrogen-bond donors (Lipinski definition) is 1. The fourth-order valence-corrected chi connectivity index (χ4v) is 5.60. The first-order valence-corrected chi connectivity index (χ1v) is 12.8. The van der Waals surface area contributed by atoms with Crippen LogP contribution in [0.3, 0.4) is 0 Å². The highest BCUT2D eigenvalue weighted by Gasteiger charge is 2.52. The molecule has 8 heteroatoms. The van der Waals surface area contributed by atoms with Gasteiger partial charge in [-0.25, -0.2) is 4.79 Å². The van der Waals surface area contributed by atoms with Gasteiger partial charge in [0.2, 0.25) is 11.8 Å². The largest absolute Gasteiger partial charge is 0.340 e. The average Bonchev–Trinajstić information content (AvgIpc) is 3.22. The molecule has 5 rings (SSSR count). The van der Waals surface area contributed by atoms with E-state index in [1.807, 2.05) is 72.3 Å². The summed E-state index contributed by atoms with van der Waals surface area (Å²) in [6, 6.07) is 23.0. The number of carbonyl (C=O) groups is 3. The van der Waals surface area contributed by atoms with Crippen LogP contribution in [0, 0.1) is 0 Å². The Balaban J connectivity index is 1.53. The Hall–Kier alpha value is -3.91. The number of nitrogens with zero attached hydrogens (tertiary/aromatic N) is 4. The maximum atomic E-state index is 14.0. The zero-order valence-electron chi connectivity index (χ0n) is 21.5. The summed E-state index contributed by atoms with van der Waals surface area (Å²) in [5.74, 6) is -0.210. The zero-order chi connectivity index (χ0) is 26.1. The van der Waals surface area contributed by atoms with Gasteiger partial charge in [-0.05, 0) is 35.7 Å². The molecule has 0 saturated carbocycles. The molecule has 1 N–H and O–H groups in total. The molecule has 3 aromatic carbocycles. The monoisotopic (exact) mass is 499 g/mol. The normalized spacial score (nSPS) is 20.0. The summed E-state index contributed by atoms with van der Waals surface area (Å²) < 4.78 is 0. The lowest BCUT2D eigenvalue weighted by Gasteiger charge is -2.47. The Bertz CT molecular complexity index is 1310. The summed E-state index contributed by atoms with van der Waals surface area (Å²) in [6.45, 7) is 4.65. The molecular formula is C29H33N5O3. The van der Waals surface area contributed by atoms with Crippen LogP contribution >= 0.6 is 0 Å². The van der Waals surface area contributed by atoms with E-state index in [1.54, 1.807) is 17.0 Å². The number of amides is 4. The molecule has 0 aliphatic carbocycles. The van der Waals surface area contributed by atoms with E-state index in [-0.39, 0.29) is 30.4 Å². The Morgan fingerprint density at radius 1 is 1.00 bits per heavy atom. The number of piperazine rings is 1. The molecule has 2 fully saturated rings. The third kappa shape index (κ3) is 4.64. The van der Waals surface area contributed by atoms with Gasteiger partial charge in [0, 0.05) is 26.1 Å². The summed E-state index contributed by atoms with van der Waals surface area (Å²) in [5.41, 5.74) is 2.05. The van der Waals surface area contributed by atoms with Crippen molar-refractivity contribution in [3.05, 3.63) is 83.9 Å².